The second-order valence-corrected chi connectivity index (χ2v) is 4.21. The summed E-state index contributed by atoms with van der Waals surface area (Å²) in [5.41, 5.74) is 0.862. The van der Waals surface area contributed by atoms with E-state index in [1.54, 1.807) is 19.3 Å². The van der Waals surface area contributed by atoms with Gasteiger partial charge in [-0.25, -0.2) is 4.98 Å². The molecule has 1 N–H and O–H groups in total. The van der Waals surface area contributed by atoms with E-state index in [4.69, 9.17) is 4.74 Å². The Kier molecular flexibility index (Phi) is 6.39. The minimum atomic E-state index is -0.185. The Morgan fingerprint density at radius 2 is 2.24 bits per heavy atom. The maximum atomic E-state index is 11.1. The number of nitrogens with one attached hydrogen (secondary N) is 1. The van der Waals surface area contributed by atoms with E-state index in [9.17, 15) is 4.79 Å². The summed E-state index contributed by atoms with van der Waals surface area (Å²) in [6.07, 6.45) is 3.42. The van der Waals surface area contributed by atoms with Gasteiger partial charge in [0.1, 0.15) is 5.82 Å². The van der Waals surface area contributed by atoms with Crippen LogP contribution in [-0.2, 0) is 15.3 Å². The number of thioether (sulfide) groups is 1. The van der Waals surface area contributed by atoms with Crippen LogP contribution in [0.4, 0.5) is 5.82 Å². The zero-order valence-electron chi connectivity index (χ0n) is 10.1. The quantitative estimate of drug-likeness (QED) is 0.748. The third kappa shape index (κ3) is 5.53. The zero-order valence-corrected chi connectivity index (χ0v) is 10.9. The molecule has 5 nitrogen and oxygen atoms in total. The van der Waals surface area contributed by atoms with Gasteiger partial charge < -0.3 is 10.1 Å². The van der Waals surface area contributed by atoms with Crippen molar-refractivity contribution in [2.75, 3.05) is 24.2 Å². The largest absolute Gasteiger partial charge is 0.465 e. The fourth-order valence-electron chi connectivity index (χ4n) is 1.14. The van der Waals surface area contributed by atoms with E-state index >= 15 is 0 Å². The van der Waals surface area contributed by atoms with Crippen molar-refractivity contribution in [2.45, 2.75) is 19.6 Å². The molecule has 0 saturated carbocycles. The predicted octanol–water partition coefficient (Wildman–Crippen LogP) is 1.70. The third-order valence-corrected chi connectivity index (χ3v) is 2.78. The van der Waals surface area contributed by atoms with E-state index in [2.05, 4.69) is 15.3 Å². The Hall–Kier alpha value is -1.30. The average Bonchev–Trinajstić information content (AvgIpc) is 2.32. The molecule has 0 aromatic carbocycles. The van der Waals surface area contributed by atoms with Crippen LogP contribution in [0.2, 0.25) is 0 Å². The first kappa shape index (κ1) is 13.8. The lowest BCUT2D eigenvalue weighted by Crippen LogP contribution is -2.07. The van der Waals surface area contributed by atoms with Gasteiger partial charge in [0.05, 0.1) is 30.4 Å². The van der Waals surface area contributed by atoms with Crippen LogP contribution in [0.25, 0.3) is 0 Å². The normalized spacial score (nSPS) is 10.0. The van der Waals surface area contributed by atoms with Gasteiger partial charge in [-0.05, 0) is 13.8 Å². The van der Waals surface area contributed by atoms with Crippen molar-refractivity contribution in [3.8, 4) is 0 Å². The maximum absolute atomic E-state index is 11.1. The van der Waals surface area contributed by atoms with E-state index < -0.39 is 0 Å². The van der Waals surface area contributed by atoms with Crippen LogP contribution in [0, 0.1) is 0 Å². The van der Waals surface area contributed by atoms with Crippen molar-refractivity contribution in [2.24, 2.45) is 0 Å². The first-order valence-corrected chi connectivity index (χ1v) is 6.69. The van der Waals surface area contributed by atoms with Crippen molar-refractivity contribution in [1.82, 2.24) is 9.97 Å². The molecule has 1 rings (SSSR count). The second-order valence-electron chi connectivity index (χ2n) is 3.22. The number of nitrogens with zero attached hydrogens (tertiary/aromatic N) is 2. The lowest BCUT2D eigenvalue weighted by molar-refractivity contribution is -0.139. The molecule has 0 aliphatic carbocycles. The molecule has 1 aromatic rings. The van der Waals surface area contributed by atoms with Crippen LogP contribution in [0.1, 0.15) is 19.5 Å². The van der Waals surface area contributed by atoms with Gasteiger partial charge in [-0.2, -0.15) is 0 Å². The Labute approximate surface area is 105 Å². The molecule has 0 aliphatic heterocycles. The molecule has 1 aromatic heterocycles. The van der Waals surface area contributed by atoms with Crippen molar-refractivity contribution in [1.29, 1.82) is 0 Å². The standard InChI is InChI=1S/C11H17N3O2S/c1-3-12-10-6-13-9(5-14-10)7-17-8-11(15)16-4-2/h5-6H,3-4,7-8H2,1-2H3,(H,12,14). The van der Waals surface area contributed by atoms with E-state index in [0.29, 0.717) is 18.1 Å². The summed E-state index contributed by atoms with van der Waals surface area (Å²) >= 11 is 1.48. The van der Waals surface area contributed by atoms with E-state index in [0.717, 1.165) is 18.1 Å². The van der Waals surface area contributed by atoms with Gasteiger partial charge in [0.15, 0.2) is 0 Å². The summed E-state index contributed by atoms with van der Waals surface area (Å²) in [7, 11) is 0. The zero-order chi connectivity index (χ0) is 12.5. The molecule has 17 heavy (non-hydrogen) atoms. The number of aromatic nitrogens is 2. The van der Waals surface area contributed by atoms with Gasteiger partial charge in [0.25, 0.3) is 0 Å². The fourth-order valence-corrected chi connectivity index (χ4v) is 1.85. The highest BCUT2D eigenvalue weighted by Gasteiger charge is 2.03. The number of ether oxygens (including phenoxy) is 1. The molecule has 0 radical (unpaired) electrons. The molecule has 6 heteroatoms. The molecule has 1 heterocycles. The second kappa shape index (κ2) is 7.89. The molecule has 0 atom stereocenters. The Morgan fingerprint density at radius 3 is 2.82 bits per heavy atom. The summed E-state index contributed by atoms with van der Waals surface area (Å²) in [5, 5.41) is 3.07. The van der Waals surface area contributed by atoms with E-state index in [1.807, 2.05) is 6.92 Å². The van der Waals surface area contributed by atoms with Crippen molar-refractivity contribution >= 4 is 23.5 Å². The van der Waals surface area contributed by atoms with Gasteiger partial charge in [0, 0.05) is 12.3 Å². The smallest absolute Gasteiger partial charge is 0.315 e. The lowest BCUT2D eigenvalue weighted by Gasteiger charge is -2.03. The monoisotopic (exact) mass is 255 g/mol. The first-order valence-electron chi connectivity index (χ1n) is 5.54. The van der Waals surface area contributed by atoms with Crippen molar-refractivity contribution in [3.63, 3.8) is 0 Å². The number of hydrogen-bond acceptors (Lipinski definition) is 6. The van der Waals surface area contributed by atoms with Gasteiger partial charge in [-0.15, -0.1) is 11.8 Å². The number of carbonyl (C=O) groups excluding carboxylic acids is 1. The van der Waals surface area contributed by atoms with Gasteiger partial charge >= 0.3 is 5.97 Å². The van der Waals surface area contributed by atoms with Crippen LogP contribution in [0.5, 0.6) is 0 Å². The number of carbonyl (C=O) groups is 1. The molecule has 0 fully saturated rings. The number of rotatable bonds is 7. The SMILES string of the molecule is CCNc1cnc(CSCC(=O)OCC)cn1. The summed E-state index contributed by atoms with van der Waals surface area (Å²) in [5.74, 6) is 1.60. The van der Waals surface area contributed by atoms with Crippen molar-refractivity contribution < 1.29 is 9.53 Å². The lowest BCUT2D eigenvalue weighted by atomic mass is 10.5. The molecule has 0 spiro atoms. The Bertz CT molecular complexity index is 343. The van der Waals surface area contributed by atoms with Crippen molar-refractivity contribution in [3.05, 3.63) is 18.1 Å². The van der Waals surface area contributed by atoms with Crippen LogP contribution < -0.4 is 5.32 Å². The summed E-state index contributed by atoms with van der Waals surface area (Å²) in [6.45, 7) is 5.06. The fraction of sp³-hybridized carbons (Fsp3) is 0.545. The molecule has 0 amide bonds. The molecule has 0 saturated heterocycles. The topological polar surface area (TPSA) is 64.1 Å². The molecule has 0 unspecified atom stereocenters. The third-order valence-electron chi connectivity index (χ3n) is 1.84. The highest BCUT2D eigenvalue weighted by Crippen LogP contribution is 2.10. The number of anilines is 1. The van der Waals surface area contributed by atoms with Gasteiger partial charge in [-0.3, -0.25) is 9.78 Å². The maximum Gasteiger partial charge on any atom is 0.315 e. The summed E-state index contributed by atoms with van der Waals surface area (Å²) in [6, 6.07) is 0. The average molecular weight is 255 g/mol. The Morgan fingerprint density at radius 1 is 1.41 bits per heavy atom. The Balaban J connectivity index is 2.29. The molecular formula is C11H17N3O2S. The van der Waals surface area contributed by atoms with Gasteiger partial charge in [-0.1, -0.05) is 0 Å². The van der Waals surface area contributed by atoms with Crippen LogP contribution >= 0.6 is 11.8 Å². The van der Waals surface area contributed by atoms with Gasteiger partial charge in [0.2, 0.25) is 0 Å². The van der Waals surface area contributed by atoms with Crippen LogP contribution in [-0.4, -0.2) is 34.8 Å². The summed E-state index contributed by atoms with van der Waals surface area (Å²) < 4.78 is 4.83. The molecule has 0 bridgehead atoms. The van der Waals surface area contributed by atoms with E-state index in [1.165, 1.54) is 11.8 Å². The summed E-state index contributed by atoms with van der Waals surface area (Å²) in [4.78, 5) is 19.5. The van der Waals surface area contributed by atoms with E-state index in [-0.39, 0.29) is 5.97 Å². The first-order chi connectivity index (χ1) is 8.26. The highest BCUT2D eigenvalue weighted by molar-refractivity contribution is 7.99. The number of hydrogen-bond donors (Lipinski definition) is 1. The minimum absolute atomic E-state index is 0.185. The highest BCUT2D eigenvalue weighted by atomic mass is 32.2. The van der Waals surface area contributed by atoms with Crippen LogP contribution in [0.15, 0.2) is 12.4 Å². The molecule has 94 valence electrons. The predicted molar refractivity (Wildman–Crippen MR) is 69.0 cm³/mol. The molecular weight excluding hydrogens is 238 g/mol. The van der Waals surface area contributed by atoms with Crippen LogP contribution in [0.3, 0.4) is 0 Å². The number of esters is 1. The molecule has 0 aliphatic rings. The minimum Gasteiger partial charge on any atom is -0.465 e.